The van der Waals surface area contributed by atoms with Crippen LogP contribution in [0.15, 0.2) is 47.4 Å². The van der Waals surface area contributed by atoms with Gasteiger partial charge in [-0.3, -0.25) is 4.72 Å². The number of hydrogen-bond donors (Lipinski definition) is 1. The van der Waals surface area contributed by atoms with Crippen LogP contribution in [0.25, 0.3) is 0 Å². The minimum atomic E-state index is -3.82. The molecule has 0 aromatic heterocycles. The molecule has 0 radical (unpaired) electrons. The van der Waals surface area contributed by atoms with E-state index in [1.165, 1.54) is 32.4 Å². The molecule has 5 nitrogen and oxygen atoms in total. The van der Waals surface area contributed by atoms with Crippen molar-refractivity contribution < 1.29 is 17.9 Å². The summed E-state index contributed by atoms with van der Waals surface area (Å²) in [6, 6.07) is 11.0. The summed E-state index contributed by atoms with van der Waals surface area (Å²) in [7, 11) is -0.871. The highest BCUT2D eigenvalue weighted by Crippen LogP contribution is 2.32. The number of anilines is 1. The summed E-state index contributed by atoms with van der Waals surface area (Å²) < 4.78 is 37.5. The van der Waals surface area contributed by atoms with Crippen LogP contribution in [-0.4, -0.2) is 22.6 Å². The predicted octanol–water partition coefficient (Wildman–Crippen LogP) is 3.16. The van der Waals surface area contributed by atoms with Crippen LogP contribution in [-0.2, 0) is 10.0 Å². The lowest BCUT2D eigenvalue weighted by Crippen LogP contribution is -2.14. The zero-order chi connectivity index (χ0) is 15.5. The molecule has 7 heteroatoms. The first kappa shape index (κ1) is 15.5. The second-order valence-electron chi connectivity index (χ2n) is 4.10. The number of methoxy groups -OCH3 is 2. The fraction of sp³-hybridized carbons (Fsp3) is 0.143. The molecule has 0 atom stereocenters. The molecule has 0 fully saturated rings. The van der Waals surface area contributed by atoms with Gasteiger partial charge in [0.15, 0.2) is 0 Å². The van der Waals surface area contributed by atoms with Gasteiger partial charge in [0.05, 0.1) is 24.9 Å². The molecule has 0 aliphatic carbocycles. The van der Waals surface area contributed by atoms with Crippen LogP contribution in [0.3, 0.4) is 0 Å². The molecule has 0 spiro atoms. The highest BCUT2D eigenvalue weighted by molar-refractivity contribution is 7.92. The largest absolute Gasteiger partial charge is 0.497 e. The quantitative estimate of drug-likeness (QED) is 0.916. The molecule has 0 bridgehead atoms. The average molecular weight is 328 g/mol. The minimum Gasteiger partial charge on any atom is -0.497 e. The molecular formula is C14H14ClNO4S. The lowest BCUT2D eigenvalue weighted by molar-refractivity contribution is 0.405. The first-order valence-corrected chi connectivity index (χ1v) is 7.83. The van der Waals surface area contributed by atoms with E-state index in [0.29, 0.717) is 11.5 Å². The molecule has 0 saturated carbocycles. The highest BCUT2D eigenvalue weighted by Gasteiger charge is 2.19. The van der Waals surface area contributed by atoms with Crippen LogP contribution in [0, 0.1) is 0 Å². The third kappa shape index (κ3) is 3.40. The molecular weight excluding hydrogens is 314 g/mol. The topological polar surface area (TPSA) is 64.6 Å². The fourth-order valence-corrected chi connectivity index (χ4v) is 3.34. The van der Waals surface area contributed by atoms with Gasteiger partial charge in [0.2, 0.25) is 0 Å². The molecule has 0 unspecified atom stereocenters. The molecule has 0 heterocycles. The molecule has 2 aromatic carbocycles. The van der Waals surface area contributed by atoms with Gasteiger partial charge in [0, 0.05) is 6.07 Å². The van der Waals surface area contributed by atoms with Gasteiger partial charge in [0.1, 0.15) is 16.4 Å². The van der Waals surface area contributed by atoms with Gasteiger partial charge in [0.25, 0.3) is 10.0 Å². The molecule has 0 amide bonds. The van der Waals surface area contributed by atoms with Gasteiger partial charge in [-0.05, 0) is 24.3 Å². The summed E-state index contributed by atoms with van der Waals surface area (Å²) in [5.74, 6) is 0.888. The van der Waals surface area contributed by atoms with Crippen molar-refractivity contribution in [3.8, 4) is 11.5 Å². The third-order valence-corrected chi connectivity index (χ3v) is 4.64. The predicted molar refractivity (Wildman–Crippen MR) is 81.8 cm³/mol. The monoisotopic (exact) mass is 327 g/mol. The summed E-state index contributed by atoms with van der Waals surface area (Å²) in [6.07, 6.45) is 0. The molecule has 0 aliphatic rings. The Kier molecular flexibility index (Phi) is 4.59. The van der Waals surface area contributed by atoms with E-state index in [4.69, 9.17) is 21.1 Å². The van der Waals surface area contributed by atoms with E-state index in [2.05, 4.69) is 4.72 Å². The van der Waals surface area contributed by atoms with Gasteiger partial charge in [-0.1, -0.05) is 23.7 Å². The molecule has 0 aliphatic heterocycles. The smallest absolute Gasteiger partial charge is 0.263 e. The lowest BCUT2D eigenvalue weighted by atomic mass is 10.3. The molecule has 1 N–H and O–H groups in total. The summed E-state index contributed by atoms with van der Waals surface area (Å²) in [4.78, 5) is -0.00320. The second kappa shape index (κ2) is 6.24. The van der Waals surface area contributed by atoms with Crippen molar-refractivity contribution in [3.63, 3.8) is 0 Å². The molecule has 21 heavy (non-hydrogen) atoms. The van der Waals surface area contributed by atoms with Crippen LogP contribution in [0.5, 0.6) is 11.5 Å². The standard InChI is InChI=1S/C14H14ClNO4S/c1-19-10-7-8-13(20-2)12(9-10)16-21(17,18)14-6-4-3-5-11(14)15/h3-9,16H,1-2H3. The van der Waals surface area contributed by atoms with Crippen molar-refractivity contribution >= 4 is 27.3 Å². The number of sulfonamides is 1. The van der Waals surface area contributed by atoms with Crippen LogP contribution in [0.2, 0.25) is 5.02 Å². The lowest BCUT2D eigenvalue weighted by Gasteiger charge is -2.13. The van der Waals surface area contributed by atoms with E-state index >= 15 is 0 Å². The van der Waals surface area contributed by atoms with Crippen molar-refractivity contribution in [2.24, 2.45) is 0 Å². The maximum Gasteiger partial charge on any atom is 0.263 e. The Morgan fingerprint density at radius 1 is 1.05 bits per heavy atom. The van der Waals surface area contributed by atoms with Crippen molar-refractivity contribution in [2.45, 2.75) is 4.90 Å². The Morgan fingerprint density at radius 3 is 2.38 bits per heavy atom. The van der Waals surface area contributed by atoms with Crippen molar-refractivity contribution in [3.05, 3.63) is 47.5 Å². The van der Waals surface area contributed by atoms with E-state index in [1.54, 1.807) is 24.3 Å². The number of hydrogen-bond acceptors (Lipinski definition) is 4. The van der Waals surface area contributed by atoms with E-state index in [1.807, 2.05) is 0 Å². The maximum atomic E-state index is 12.4. The van der Waals surface area contributed by atoms with Gasteiger partial charge >= 0.3 is 0 Å². The Hall–Kier alpha value is -1.92. The average Bonchev–Trinajstić information content (AvgIpc) is 2.47. The number of nitrogens with one attached hydrogen (secondary N) is 1. The number of halogens is 1. The van der Waals surface area contributed by atoms with E-state index in [9.17, 15) is 8.42 Å². The van der Waals surface area contributed by atoms with E-state index in [-0.39, 0.29) is 15.6 Å². The van der Waals surface area contributed by atoms with E-state index < -0.39 is 10.0 Å². The molecule has 0 saturated heterocycles. The fourth-order valence-electron chi connectivity index (χ4n) is 1.76. The Labute approximate surface area is 128 Å². The number of ether oxygens (including phenoxy) is 2. The summed E-state index contributed by atoms with van der Waals surface area (Å²) in [5, 5.41) is 0.145. The first-order valence-electron chi connectivity index (χ1n) is 5.97. The number of rotatable bonds is 5. The second-order valence-corrected chi connectivity index (χ2v) is 6.16. The minimum absolute atomic E-state index is 0.00320. The van der Waals surface area contributed by atoms with Gasteiger partial charge < -0.3 is 9.47 Å². The zero-order valence-corrected chi connectivity index (χ0v) is 13.0. The van der Waals surface area contributed by atoms with Crippen LogP contribution in [0.1, 0.15) is 0 Å². The zero-order valence-electron chi connectivity index (χ0n) is 11.5. The normalized spacial score (nSPS) is 11.0. The summed E-state index contributed by atoms with van der Waals surface area (Å²) >= 11 is 5.93. The first-order chi connectivity index (χ1) is 9.97. The molecule has 112 valence electrons. The van der Waals surface area contributed by atoms with Crippen LogP contribution < -0.4 is 14.2 Å². The Morgan fingerprint density at radius 2 is 1.76 bits per heavy atom. The van der Waals surface area contributed by atoms with E-state index in [0.717, 1.165) is 0 Å². The molecule has 2 rings (SSSR count). The maximum absolute atomic E-state index is 12.4. The van der Waals surface area contributed by atoms with Crippen LogP contribution in [0.4, 0.5) is 5.69 Å². The van der Waals surface area contributed by atoms with Gasteiger partial charge in [-0.2, -0.15) is 0 Å². The summed E-state index contributed by atoms with van der Waals surface area (Å²) in [6.45, 7) is 0. The Balaban J connectivity index is 2.43. The van der Waals surface area contributed by atoms with Crippen molar-refractivity contribution in [1.82, 2.24) is 0 Å². The SMILES string of the molecule is COc1ccc(OC)c(NS(=O)(=O)c2ccccc2Cl)c1. The summed E-state index contributed by atoms with van der Waals surface area (Å²) in [5.41, 5.74) is 0.275. The van der Waals surface area contributed by atoms with Gasteiger partial charge in [-0.25, -0.2) is 8.42 Å². The molecule has 2 aromatic rings. The highest BCUT2D eigenvalue weighted by atomic mass is 35.5. The number of benzene rings is 2. The Bertz CT molecular complexity index is 746. The van der Waals surface area contributed by atoms with Gasteiger partial charge in [-0.15, -0.1) is 0 Å². The third-order valence-electron chi connectivity index (χ3n) is 2.78. The van der Waals surface area contributed by atoms with Crippen molar-refractivity contribution in [2.75, 3.05) is 18.9 Å². The van der Waals surface area contributed by atoms with Crippen LogP contribution >= 0.6 is 11.6 Å². The van der Waals surface area contributed by atoms with Crippen molar-refractivity contribution in [1.29, 1.82) is 0 Å².